The third-order valence-corrected chi connectivity index (χ3v) is 7.08. The Bertz CT molecular complexity index is 1240. The molecule has 34 heavy (non-hydrogen) atoms. The highest BCUT2D eigenvalue weighted by Gasteiger charge is 2.60. The number of carbonyl (C=O) groups is 2. The zero-order chi connectivity index (χ0) is 24.6. The third kappa shape index (κ3) is 3.72. The summed E-state index contributed by atoms with van der Waals surface area (Å²) in [6, 6.07) is 7.57. The minimum atomic E-state index is -0.969. The van der Waals surface area contributed by atoms with Crippen molar-refractivity contribution in [3.05, 3.63) is 64.5 Å². The molecule has 0 bridgehead atoms. The monoisotopic (exact) mass is 482 g/mol. The van der Waals surface area contributed by atoms with Gasteiger partial charge in [0.2, 0.25) is 5.91 Å². The normalized spacial score (nSPS) is 16.6. The molecule has 1 aliphatic heterocycles. The van der Waals surface area contributed by atoms with Crippen molar-refractivity contribution in [3.63, 3.8) is 0 Å². The summed E-state index contributed by atoms with van der Waals surface area (Å²) in [5.41, 5.74) is 0.255. The lowest BCUT2D eigenvalue weighted by molar-refractivity contribution is -0.124. The van der Waals surface area contributed by atoms with E-state index < -0.39 is 17.2 Å². The van der Waals surface area contributed by atoms with E-state index in [9.17, 15) is 14.0 Å². The number of anilines is 2. The molecule has 2 fully saturated rings. The molecule has 2 amide bonds. The van der Waals surface area contributed by atoms with Gasteiger partial charge in [-0.15, -0.1) is 0 Å². The third-order valence-electron chi connectivity index (χ3n) is 6.71. The van der Waals surface area contributed by atoms with Crippen LogP contribution in [0, 0.1) is 25.1 Å². The molecule has 0 aromatic heterocycles. The maximum absolute atomic E-state index is 15.2. The van der Waals surface area contributed by atoms with E-state index in [0.29, 0.717) is 43.4 Å². The largest absolute Gasteiger partial charge is 0.359 e. The number of hydrogen-bond donors (Lipinski definition) is 1. The number of benzene rings is 2. The van der Waals surface area contributed by atoms with Gasteiger partial charge < -0.3 is 10.2 Å². The van der Waals surface area contributed by atoms with Crippen LogP contribution in [-0.4, -0.2) is 29.5 Å². The van der Waals surface area contributed by atoms with Crippen LogP contribution in [0.3, 0.4) is 0 Å². The predicted molar refractivity (Wildman–Crippen MR) is 130 cm³/mol. The lowest BCUT2D eigenvalue weighted by atomic mass is 9.75. The van der Waals surface area contributed by atoms with Crippen molar-refractivity contribution in [2.45, 2.75) is 51.0 Å². The SMILES string of the molecule is [C-]#[N+]c1ccc(N2C(=O)C3(CCC3)N(c3ccc(CCCC(=O)NC)c(F)c3)C2=S)c(F)c1C. The van der Waals surface area contributed by atoms with E-state index in [1.54, 1.807) is 24.1 Å². The molecule has 1 saturated carbocycles. The molecule has 6 nitrogen and oxygen atoms in total. The molecule has 0 atom stereocenters. The molecule has 9 heteroatoms. The fourth-order valence-corrected chi connectivity index (χ4v) is 5.05. The molecule has 2 aliphatic rings. The fourth-order valence-electron chi connectivity index (χ4n) is 4.59. The summed E-state index contributed by atoms with van der Waals surface area (Å²) in [5, 5.41) is 2.63. The van der Waals surface area contributed by atoms with Crippen molar-refractivity contribution in [1.29, 1.82) is 0 Å². The number of aryl methyl sites for hydroxylation is 1. The van der Waals surface area contributed by atoms with Crippen LogP contribution in [0.25, 0.3) is 4.85 Å². The molecule has 2 aromatic carbocycles. The maximum Gasteiger partial charge on any atom is 0.259 e. The van der Waals surface area contributed by atoms with Crippen molar-refractivity contribution in [2.24, 2.45) is 0 Å². The van der Waals surface area contributed by atoms with Crippen LogP contribution in [0.5, 0.6) is 0 Å². The Hall–Kier alpha value is -3.38. The average Bonchev–Trinajstić information content (AvgIpc) is 3.03. The van der Waals surface area contributed by atoms with Gasteiger partial charge in [0.05, 0.1) is 12.3 Å². The van der Waals surface area contributed by atoms with Crippen LogP contribution in [0.1, 0.15) is 43.2 Å². The number of thiocarbonyl (C=S) groups is 1. The second kappa shape index (κ2) is 9.11. The van der Waals surface area contributed by atoms with Gasteiger partial charge in [0.1, 0.15) is 17.2 Å². The molecule has 0 unspecified atom stereocenters. The molecule has 1 aliphatic carbocycles. The van der Waals surface area contributed by atoms with Gasteiger partial charge in [0, 0.05) is 19.2 Å². The summed E-state index contributed by atoms with van der Waals surface area (Å²) < 4.78 is 30.1. The van der Waals surface area contributed by atoms with Crippen LogP contribution in [0.2, 0.25) is 0 Å². The van der Waals surface area contributed by atoms with Gasteiger partial charge in [-0.3, -0.25) is 14.5 Å². The molecular formula is C25H24F2N4O2S. The zero-order valence-electron chi connectivity index (χ0n) is 19.0. The zero-order valence-corrected chi connectivity index (χ0v) is 19.8. The first-order valence-electron chi connectivity index (χ1n) is 11.1. The number of rotatable bonds is 6. The smallest absolute Gasteiger partial charge is 0.259 e. The van der Waals surface area contributed by atoms with Crippen molar-refractivity contribution in [3.8, 4) is 0 Å². The van der Waals surface area contributed by atoms with Crippen LogP contribution in [0.4, 0.5) is 25.8 Å². The predicted octanol–water partition coefficient (Wildman–Crippen LogP) is 4.95. The summed E-state index contributed by atoms with van der Waals surface area (Å²) in [4.78, 5) is 31.1. The fraction of sp³-hybridized carbons (Fsp3) is 0.360. The highest BCUT2D eigenvalue weighted by Crippen LogP contribution is 2.48. The van der Waals surface area contributed by atoms with Crippen molar-refractivity contribution < 1.29 is 18.4 Å². The highest BCUT2D eigenvalue weighted by molar-refractivity contribution is 7.81. The van der Waals surface area contributed by atoms with E-state index in [-0.39, 0.29) is 33.9 Å². The Morgan fingerprint density at radius 3 is 2.59 bits per heavy atom. The quantitative estimate of drug-likeness (QED) is 0.468. The van der Waals surface area contributed by atoms with E-state index in [1.807, 2.05) is 0 Å². The van der Waals surface area contributed by atoms with Crippen LogP contribution < -0.4 is 15.1 Å². The summed E-state index contributed by atoms with van der Waals surface area (Å²) in [7, 11) is 1.56. The van der Waals surface area contributed by atoms with Crippen molar-refractivity contribution in [2.75, 3.05) is 16.8 Å². The summed E-state index contributed by atoms with van der Waals surface area (Å²) in [6.07, 6.45) is 3.07. The maximum atomic E-state index is 15.2. The van der Waals surface area contributed by atoms with E-state index in [2.05, 4.69) is 10.2 Å². The first-order chi connectivity index (χ1) is 16.2. The number of nitrogens with one attached hydrogen (secondary N) is 1. The Kier molecular flexibility index (Phi) is 6.36. The summed E-state index contributed by atoms with van der Waals surface area (Å²) in [6.45, 7) is 8.68. The molecule has 176 valence electrons. The van der Waals surface area contributed by atoms with Gasteiger partial charge >= 0.3 is 0 Å². The number of halogens is 2. The van der Waals surface area contributed by atoms with Crippen LogP contribution >= 0.6 is 12.2 Å². The number of hydrogen-bond acceptors (Lipinski definition) is 3. The molecule has 0 radical (unpaired) electrons. The first-order valence-corrected chi connectivity index (χ1v) is 11.5. The minimum Gasteiger partial charge on any atom is -0.359 e. The standard InChI is InChI=1S/C25H24F2N4O2S/c1-15-19(28-2)10-11-20(22(15)27)30-23(33)25(12-5-13-25)31(24(30)34)17-9-8-16(18(26)14-17)6-4-7-21(32)29-3/h8-11,14H,4-7,12-13H2,1,3H3,(H,29,32). The molecular weight excluding hydrogens is 458 g/mol. The molecule has 1 heterocycles. The van der Waals surface area contributed by atoms with E-state index in [0.717, 1.165) is 6.42 Å². The lowest BCUT2D eigenvalue weighted by Crippen LogP contribution is -2.55. The second-order valence-electron chi connectivity index (χ2n) is 8.60. The highest BCUT2D eigenvalue weighted by atomic mass is 32.1. The van der Waals surface area contributed by atoms with Crippen molar-refractivity contribution in [1.82, 2.24) is 5.32 Å². The minimum absolute atomic E-state index is 0.0000298. The number of nitrogens with zero attached hydrogens (tertiary/aromatic N) is 3. The molecule has 4 rings (SSSR count). The second-order valence-corrected chi connectivity index (χ2v) is 8.97. The Morgan fingerprint density at radius 1 is 1.26 bits per heavy atom. The van der Waals surface area contributed by atoms with Gasteiger partial charge in [0.15, 0.2) is 10.8 Å². The van der Waals surface area contributed by atoms with Gasteiger partial charge in [-0.2, -0.15) is 0 Å². The van der Waals surface area contributed by atoms with E-state index in [1.165, 1.54) is 30.0 Å². The van der Waals surface area contributed by atoms with E-state index in [4.69, 9.17) is 18.8 Å². The van der Waals surface area contributed by atoms with E-state index >= 15 is 4.39 Å². The summed E-state index contributed by atoms with van der Waals surface area (Å²) in [5.74, 6) is -1.55. The van der Waals surface area contributed by atoms with Crippen LogP contribution in [0.15, 0.2) is 30.3 Å². The number of carbonyl (C=O) groups excluding carboxylic acids is 2. The Morgan fingerprint density at radius 2 is 2.00 bits per heavy atom. The molecule has 1 saturated heterocycles. The van der Waals surface area contributed by atoms with Crippen LogP contribution in [-0.2, 0) is 16.0 Å². The first kappa shape index (κ1) is 23.8. The van der Waals surface area contributed by atoms with Gasteiger partial charge in [-0.05, 0) is 80.6 Å². The Labute approximate surface area is 202 Å². The van der Waals surface area contributed by atoms with Gasteiger partial charge in [-0.1, -0.05) is 12.1 Å². The Balaban J connectivity index is 1.67. The molecule has 2 aromatic rings. The van der Waals surface area contributed by atoms with Crippen molar-refractivity contribution >= 4 is 46.2 Å². The summed E-state index contributed by atoms with van der Waals surface area (Å²) >= 11 is 5.64. The number of amides is 2. The van der Waals surface area contributed by atoms with Gasteiger partial charge in [-0.25, -0.2) is 13.6 Å². The van der Waals surface area contributed by atoms with Gasteiger partial charge in [0.25, 0.3) is 5.91 Å². The lowest BCUT2D eigenvalue weighted by Gasteiger charge is -2.43. The average molecular weight is 483 g/mol. The topological polar surface area (TPSA) is 57.0 Å². The molecule has 1 spiro atoms. The molecule has 1 N–H and O–H groups in total.